The molecular weight excluding hydrogens is 194 g/mol. The lowest BCUT2D eigenvalue weighted by Crippen LogP contribution is -2.10. The van der Waals surface area contributed by atoms with Crippen molar-refractivity contribution in [1.29, 1.82) is 0 Å². The molecule has 14 heavy (non-hydrogen) atoms. The Hall–Kier alpha value is -0.570. The maximum atomic E-state index is 11.3. The Morgan fingerprint density at radius 1 is 1.50 bits per heavy atom. The number of carbonyl (C=O) groups is 1. The Morgan fingerprint density at radius 3 is 3.07 bits per heavy atom. The van der Waals surface area contributed by atoms with E-state index in [0.29, 0.717) is 18.1 Å². The van der Waals surface area contributed by atoms with Crippen LogP contribution in [0, 0.1) is 5.92 Å². The molecule has 2 aliphatic rings. The molecule has 3 heteroatoms. The Morgan fingerprint density at radius 2 is 2.43 bits per heavy atom. The average molecular weight is 209 g/mol. The number of hydrogen-bond donors (Lipinski definition) is 0. The van der Waals surface area contributed by atoms with E-state index in [-0.39, 0.29) is 5.37 Å². The van der Waals surface area contributed by atoms with E-state index in [1.807, 2.05) is 6.21 Å². The van der Waals surface area contributed by atoms with E-state index in [9.17, 15) is 4.79 Å². The average Bonchev–Trinajstić information content (AvgIpc) is 2.63. The Kier molecular flexibility index (Phi) is 3.40. The van der Waals surface area contributed by atoms with Crippen LogP contribution in [0.5, 0.6) is 0 Å². The second kappa shape index (κ2) is 4.78. The number of allylic oxidation sites excluding steroid dienone is 2. The normalized spacial score (nSPS) is 33.0. The second-order valence-electron chi connectivity index (χ2n) is 3.78. The van der Waals surface area contributed by atoms with E-state index < -0.39 is 0 Å². The first-order valence-electron chi connectivity index (χ1n) is 5.19. The lowest BCUT2D eigenvalue weighted by molar-refractivity contribution is -0.117. The summed E-state index contributed by atoms with van der Waals surface area (Å²) in [6, 6.07) is 0. The number of hydrogen-bond acceptors (Lipinski definition) is 3. The summed E-state index contributed by atoms with van der Waals surface area (Å²) in [5, 5.41) is -0.0825. The molecule has 1 aliphatic carbocycles. The van der Waals surface area contributed by atoms with Gasteiger partial charge in [0.1, 0.15) is 0 Å². The van der Waals surface area contributed by atoms with E-state index in [2.05, 4.69) is 17.1 Å². The van der Waals surface area contributed by atoms with Crippen molar-refractivity contribution in [2.75, 3.05) is 5.75 Å². The molecule has 0 saturated carbocycles. The van der Waals surface area contributed by atoms with Crippen LogP contribution in [0.1, 0.15) is 25.7 Å². The SMILES string of the molecule is O=C1CCSC1N=CC1CC=CCC1. The molecule has 2 unspecified atom stereocenters. The van der Waals surface area contributed by atoms with Gasteiger partial charge in [-0.3, -0.25) is 9.79 Å². The van der Waals surface area contributed by atoms with Crippen LogP contribution in [0.3, 0.4) is 0 Å². The summed E-state index contributed by atoms with van der Waals surface area (Å²) in [6.45, 7) is 0. The van der Waals surface area contributed by atoms with Crippen LogP contribution < -0.4 is 0 Å². The van der Waals surface area contributed by atoms with E-state index in [4.69, 9.17) is 0 Å². The highest BCUT2D eigenvalue weighted by atomic mass is 32.2. The molecule has 0 amide bonds. The monoisotopic (exact) mass is 209 g/mol. The molecular formula is C11H15NOS. The zero-order valence-electron chi connectivity index (χ0n) is 8.19. The van der Waals surface area contributed by atoms with Gasteiger partial charge in [0.15, 0.2) is 11.2 Å². The molecule has 1 saturated heterocycles. The van der Waals surface area contributed by atoms with Crippen molar-refractivity contribution >= 4 is 23.8 Å². The van der Waals surface area contributed by atoms with Crippen molar-refractivity contribution in [3.8, 4) is 0 Å². The lowest BCUT2D eigenvalue weighted by Gasteiger charge is -2.12. The van der Waals surface area contributed by atoms with E-state index >= 15 is 0 Å². The summed E-state index contributed by atoms with van der Waals surface area (Å²) in [7, 11) is 0. The Bertz CT molecular complexity index is 272. The molecule has 1 aliphatic heterocycles. The molecule has 0 aromatic heterocycles. The van der Waals surface area contributed by atoms with Gasteiger partial charge in [-0.1, -0.05) is 12.2 Å². The molecule has 1 heterocycles. The van der Waals surface area contributed by atoms with E-state index in [0.717, 1.165) is 18.6 Å². The van der Waals surface area contributed by atoms with Gasteiger partial charge in [0.2, 0.25) is 0 Å². The van der Waals surface area contributed by atoms with Crippen LogP contribution in [0.2, 0.25) is 0 Å². The van der Waals surface area contributed by atoms with Gasteiger partial charge in [0.25, 0.3) is 0 Å². The third kappa shape index (κ3) is 2.47. The minimum absolute atomic E-state index is 0.0825. The largest absolute Gasteiger partial charge is 0.296 e. The molecule has 2 atom stereocenters. The predicted octanol–water partition coefficient (Wildman–Crippen LogP) is 2.45. The smallest absolute Gasteiger partial charge is 0.168 e. The molecule has 0 spiro atoms. The highest BCUT2D eigenvalue weighted by Crippen LogP contribution is 2.24. The van der Waals surface area contributed by atoms with Crippen molar-refractivity contribution in [3.05, 3.63) is 12.2 Å². The molecule has 2 rings (SSSR count). The minimum Gasteiger partial charge on any atom is -0.296 e. The third-order valence-electron chi connectivity index (χ3n) is 2.64. The van der Waals surface area contributed by atoms with Crippen LogP contribution in [-0.4, -0.2) is 23.1 Å². The molecule has 0 aromatic carbocycles. The van der Waals surface area contributed by atoms with Crippen LogP contribution in [-0.2, 0) is 4.79 Å². The van der Waals surface area contributed by atoms with Gasteiger partial charge in [-0.2, -0.15) is 0 Å². The van der Waals surface area contributed by atoms with Gasteiger partial charge < -0.3 is 0 Å². The highest BCUT2D eigenvalue weighted by Gasteiger charge is 2.23. The maximum absolute atomic E-state index is 11.3. The summed E-state index contributed by atoms with van der Waals surface area (Å²) >= 11 is 1.67. The summed E-state index contributed by atoms with van der Waals surface area (Å²) in [5.74, 6) is 1.82. The molecule has 76 valence electrons. The van der Waals surface area contributed by atoms with Crippen LogP contribution in [0.25, 0.3) is 0 Å². The molecule has 0 aromatic rings. The number of aliphatic imine (C=N–C) groups is 1. The molecule has 0 bridgehead atoms. The third-order valence-corrected chi connectivity index (χ3v) is 3.78. The topological polar surface area (TPSA) is 29.4 Å². The maximum Gasteiger partial charge on any atom is 0.168 e. The second-order valence-corrected chi connectivity index (χ2v) is 4.97. The zero-order chi connectivity index (χ0) is 9.80. The van der Waals surface area contributed by atoms with Gasteiger partial charge >= 0.3 is 0 Å². The van der Waals surface area contributed by atoms with E-state index in [1.54, 1.807) is 11.8 Å². The standard InChI is InChI=1S/C11H15NOS/c13-10-6-7-14-11(10)12-8-9-4-2-1-3-5-9/h1-2,8-9,11H,3-7H2. The molecule has 2 nitrogen and oxygen atoms in total. The van der Waals surface area contributed by atoms with Crippen LogP contribution >= 0.6 is 11.8 Å². The van der Waals surface area contributed by atoms with Crippen molar-refractivity contribution in [2.24, 2.45) is 10.9 Å². The summed E-state index contributed by atoms with van der Waals surface area (Å²) < 4.78 is 0. The fourth-order valence-corrected chi connectivity index (χ4v) is 2.77. The number of Topliss-reactive ketones (excluding diaryl/α,β-unsaturated/α-hetero) is 1. The number of rotatable bonds is 2. The molecule has 0 N–H and O–H groups in total. The minimum atomic E-state index is -0.0825. The number of carbonyl (C=O) groups excluding carboxylic acids is 1. The fourth-order valence-electron chi connectivity index (χ4n) is 1.77. The molecule has 0 radical (unpaired) electrons. The summed E-state index contributed by atoms with van der Waals surface area (Å²) in [6.07, 6.45) is 10.6. The number of nitrogens with zero attached hydrogens (tertiary/aromatic N) is 1. The van der Waals surface area contributed by atoms with Crippen molar-refractivity contribution in [2.45, 2.75) is 31.1 Å². The highest BCUT2D eigenvalue weighted by molar-refractivity contribution is 8.01. The van der Waals surface area contributed by atoms with Crippen molar-refractivity contribution in [3.63, 3.8) is 0 Å². The number of thioether (sulfide) groups is 1. The van der Waals surface area contributed by atoms with Crippen LogP contribution in [0.4, 0.5) is 0 Å². The van der Waals surface area contributed by atoms with Crippen molar-refractivity contribution < 1.29 is 4.79 Å². The Labute approximate surface area is 88.9 Å². The predicted molar refractivity (Wildman–Crippen MR) is 60.8 cm³/mol. The van der Waals surface area contributed by atoms with Gasteiger partial charge in [0, 0.05) is 18.4 Å². The van der Waals surface area contributed by atoms with Crippen LogP contribution in [0.15, 0.2) is 17.1 Å². The summed E-state index contributed by atoms with van der Waals surface area (Å²) in [4.78, 5) is 15.7. The van der Waals surface area contributed by atoms with E-state index in [1.165, 1.54) is 6.42 Å². The van der Waals surface area contributed by atoms with Gasteiger partial charge in [-0.25, -0.2) is 0 Å². The first-order valence-corrected chi connectivity index (χ1v) is 6.24. The van der Waals surface area contributed by atoms with Crippen molar-refractivity contribution in [1.82, 2.24) is 0 Å². The quantitative estimate of drug-likeness (QED) is 0.516. The van der Waals surface area contributed by atoms with Gasteiger partial charge in [-0.05, 0) is 25.2 Å². The summed E-state index contributed by atoms with van der Waals surface area (Å²) in [5.41, 5.74) is 0. The lowest BCUT2D eigenvalue weighted by atomic mass is 9.96. The van der Waals surface area contributed by atoms with Gasteiger partial charge in [-0.15, -0.1) is 11.8 Å². The molecule has 1 fully saturated rings. The zero-order valence-corrected chi connectivity index (χ0v) is 9.00. The fraction of sp³-hybridized carbons (Fsp3) is 0.636. The first-order chi connectivity index (χ1) is 6.86. The number of ketones is 1. The Balaban J connectivity index is 1.86. The van der Waals surface area contributed by atoms with Gasteiger partial charge in [0.05, 0.1) is 0 Å². The first kappa shape index (κ1) is 9.97.